The minimum atomic E-state index is -0.256. The second-order valence-corrected chi connectivity index (χ2v) is 6.59. The number of hydrogen-bond acceptors (Lipinski definition) is 5. The molecule has 2 N–H and O–H groups in total. The van der Waals surface area contributed by atoms with Crippen molar-refractivity contribution in [1.82, 2.24) is 14.9 Å². The first kappa shape index (κ1) is 18.7. The second kappa shape index (κ2) is 8.55. The number of carbonyl (C=O) groups is 1. The average molecular weight is 394 g/mol. The summed E-state index contributed by atoms with van der Waals surface area (Å²) in [6, 6.07) is 12.7. The summed E-state index contributed by atoms with van der Waals surface area (Å²) in [6.45, 7) is 1.11. The molecule has 0 bridgehead atoms. The highest BCUT2D eigenvalue weighted by Gasteiger charge is 2.13. The third-order valence-electron chi connectivity index (χ3n) is 4.49. The zero-order chi connectivity index (χ0) is 20.1. The Labute approximate surface area is 168 Å². The molecule has 8 heteroatoms. The molecule has 29 heavy (non-hydrogen) atoms. The van der Waals surface area contributed by atoms with Crippen molar-refractivity contribution < 1.29 is 19.0 Å². The van der Waals surface area contributed by atoms with E-state index in [-0.39, 0.29) is 12.8 Å². The third kappa shape index (κ3) is 4.78. The van der Waals surface area contributed by atoms with E-state index in [1.54, 1.807) is 12.3 Å². The molecule has 2 amide bonds. The quantitative estimate of drug-likeness (QED) is 0.643. The smallest absolute Gasteiger partial charge is 0.319 e. The summed E-state index contributed by atoms with van der Waals surface area (Å²) in [4.78, 5) is 16.4. The van der Waals surface area contributed by atoms with Gasteiger partial charge in [0, 0.05) is 44.2 Å². The fourth-order valence-corrected chi connectivity index (χ4v) is 2.97. The number of aryl methyl sites for hydroxylation is 1. The highest BCUT2D eigenvalue weighted by Crippen LogP contribution is 2.35. The van der Waals surface area contributed by atoms with Crippen LogP contribution >= 0.6 is 0 Å². The molecule has 0 saturated heterocycles. The van der Waals surface area contributed by atoms with Gasteiger partial charge in [0.25, 0.3) is 0 Å². The number of ether oxygens (including phenoxy) is 3. The summed E-state index contributed by atoms with van der Waals surface area (Å²) in [5, 5.41) is 5.68. The number of hydrogen-bond donors (Lipinski definition) is 2. The number of fused-ring (bicyclic) bond motifs is 1. The van der Waals surface area contributed by atoms with Gasteiger partial charge in [-0.2, -0.15) is 0 Å². The van der Waals surface area contributed by atoms with Gasteiger partial charge in [-0.1, -0.05) is 12.1 Å². The van der Waals surface area contributed by atoms with E-state index in [2.05, 4.69) is 15.6 Å². The van der Waals surface area contributed by atoms with Crippen LogP contribution in [0.25, 0.3) is 0 Å². The van der Waals surface area contributed by atoms with Crippen molar-refractivity contribution in [2.45, 2.75) is 13.0 Å². The van der Waals surface area contributed by atoms with E-state index in [0.717, 1.165) is 17.1 Å². The lowest BCUT2D eigenvalue weighted by Crippen LogP contribution is -2.30. The summed E-state index contributed by atoms with van der Waals surface area (Å²) in [5.41, 5.74) is 1.64. The molecular weight excluding hydrogens is 372 g/mol. The van der Waals surface area contributed by atoms with Crippen LogP contribution in [0.5, 0.6) is 17.2 Å². The number of aromatic nitrogens is 2. The zero-order valence-electron chi connectivity index (χ0n) is 16.1. The van der Waals surface area contributed by atoms with E-state index in [0.29, 0.717) is 36.8 Å². The second-order valence-electron chi connectivity index (χ2n) is 6.59. The molecule has 2 heterocycles. The summed E-state index contributed by atoms with van der Waals surface area (Å²) >= 11 is 0. The average Bonchev–Trinajstić information content (AvgIpc) is 3.35. The lowest BCUT2D eigenvalue weighted by molar-refractivity contribution is 0.173. The van der Waals surface area contributed by atoms with E-state index in [4.69, 9.17) is 14.2 Å². The fourth-order valence-electron chi connectivity index (χ4n) is 2.97. The lowest BCUT2D eigenvalue weighted by Gasteiger charge is -2.10. The number of anilines is 1. The Hall–Kier alpha value is -3.68. The van der Waals surface area contributed by atoms with Crippen molar-refractivity contribution in [2.24, 2.45) is 7.05 Å². The molecule has 1 aliphatic heterocycles. The molecule has 0 radical (unpaired) electrons. The van der Waals surface area contributed by atoms with Gasteiger partial charge >= 0.3 is 6.03 Å². The zero-order valence-corrected chi connectivity index (χ0v) is 16.1. The van der Waals surface area contributed by atoms with Crippen LogP contribution in [0.3, 0.4) is 0 Å². The molecule has 0 fully saturated rings. The van der Waals surface area contributed by atoms with Crippen molar-refractivity contribution in [3.63, 3.8) is 0 Å². The SMILES string of the molecule is Cn1ccnc1CCNC(=O)Nc1cccc(COc2ccc3c(c2)OCO3)c1. The van der Waals surface area contributed by atoms with Gasteiger partial charge < -0.3 is 29.4 Å². The highest BCUT2D eigenvalue weighted by atomic mass is 16.7. The third-order valence-corrected chi connectivity index (χ3v) is 4.49. The van der Waals surface area contributed by atoms with Crippen molar-refractivity contribution in [2.75, 3.05) is 18.7 Å². The number of benzene rings is 2. The molecule has 1 aliphatic rings. The molecule has 0 unspecified atom stereocenters. The molecule has 1 aromatic heterocycles. The number of nitrogens with one attached hydrogen (secondary N) is 2. The predicted octanol–water partition coefficient (Wildman–Crippen LogP) is 3.09. The maximum Gasteiger partial charge on any atom is 0.319 e. The van der Waals surface area contributed by atoms with Crippen molar-refractivity contribution >= 4 is 11.7 Å². The predicted molar refractivity (Wildman–Crippen MR) is 107 cm³/mol. The Morgan fingerprint density at radius 1 is 1.21 bits per heavy atom. The first-order valence-electron chi connectivity index (χ1n) is 9.30. The van der Waals surface area contributed by atoms with Crippen LogP contribution in [-0.2, 0) is 20.1 Å². The van der Waals surface area contributed by atoms with E-state index in [9.17, 15) is 4.79 Å². The lowest BCUT2D eigenvalue weighted by atomic mass is 10.2. The van der Waals surface area contributed by atoms with Gasteiger partial charge in [-0.05, 0) is 29.8 Å². The Kier molecular flexibility index (Phi) is 5.51. The molecule has 0 aliphatic carbocycles. The standard InChI is InChI=1S/C21H22N4O4/c1-25-10-9-22-20(25)7-8-23-21(26)24-16-4-2-3-15(11-16)13-27-17-5-6-18-19(12-17)29-14-28-18/h2-6,9-12H,7-8,13-14H2,1H3,(H2,23,24,26). The molecule has 0 spiro atoms. The molecular formula is C21H22N4O4. The van der Waals surface area contributed by atoms with Gasteiger partial charge in [-0.3, -0.25) is 0 Å². The van der Waals surface area contributed by atoms with Crippen LogP contribution in [-0.4, -0.2) is 28.9 Å². The van der Waals surface area contributed by atoms with Gasteiger partial charge in [0.15, 0.2) is 11.5 Å². The van der Waals surface area contributed by atoms with E-state index < -0.39 is 0 Å². The minimum absolute atomic E-state index is 0.232. The van der Waals surface area contributed by atoms with Crippen LogP contribution in [0.4, 0.5) is 10.5 Å². The number of amides is 2. The number of rotatable bonds is 7. The van der Waals surface area contributed by atoms with Crippen LogP contribution in [0.15, 0.2) is 54.9 Å². The van der Waals surface area contributed by atoms with Crippen LogP contribution in [0.1, 0.15) is 11.4 Å². The fraction of sp³-hybridized carbons (Fsp3) is 0.238. The van der Waals surface area contributed by atoms with Crippen LogP contribution < -0.4 is 24.8 Å². The largest absolute Gasteiger partial charge is 0.489 e. The summed E-state index contributed by atoms with van der Waals surface area (Å²) in [6.07, 6.45) is 4.29. The summed E-state index contributed by atoms with van der Waals surface area (Å²) in [5.74, 6) is 3.02. The summed E-state index contributed by atoms with van der Waals surface area (Å²) < 4.78 is 18.4. The molecule has 3 aromatic rings. The maximum absolute atomic E-state index is 12.1. The number of carbonyl (C=O) groups excluding carboxylic acids is 1. The van der Waals surface area contributed by atoms with Crippen LogP contribution in [0, 0.1) is 0 Å². The first-order valence-corrected chi connectivity index (χ1v) is 9.30. The molecule has 2 aromatic carbocycles. The highest BCUT2D eigenvalue weighted by molar-refractivity contribution is 5.89. The molecule has 8 nitrogen and oxygen atoms in total. The number of nitrogens with zero attached hydrogens (tertiary/aromatic N) is 2. The minimum Gasteiger partial charge on any atom is -0.489 e. The Morgan fingerprint density at radius 2 is 2.10 bits per heavy atom. The van der Waals surface area contributed by atoms with Gasteiger partial charge in [-0.25, -0.2) is 9.78 Å². The molecule has 4 rings (SSSR count). The Morgan fingerprint density at radius 3 is 2.97 bits per heavy atom. The Balaban J connectivity index is 1.26. The molecule has 0 atom stereocenters. The Bertz CT molecular complexity index is 1000. The summed E-state index contributed by atoms with van der Waals surface area (Å²) in [7, 11) is 1.93. The topological polar surface area (TPSA) is 86.6 Å². The van der Waals surface area contributed by atoms with Crippen molar-refractivity contribution in [3.05, 3.63) is 66.2 Å². The monoisotopic (exact) mass is 394 g/mol. The van der Waals surface area contributed by atoms with E-state index >= 15 is 0 Å². The molecule has 150 valence electrons. The van der Waals surface area contributed by atoms with Gasteiger partial charge in [-0.15, -0.1) is 0 Å². The number of urea groups is 1. The first-order chi connectivity index (χ1) is 14.2. The van der Waals surface area contributed by atoms with Gasteiger partial charge in [0.05, 0.1) is 0 Å². The van der Waals surface area contributed by atoms with E-state index in [1.807, 2.05) is 54.2 Å². The van der Waals surface area contributed by atoms with Crippen LogP contribution in [0.2, 0.25) is 0 Å². The molecule has 0 saturated carbocycles. The maximum atomic E-state index is 12.1. The van der Waals surface area contributed by atoms with Crippen molar-refractivity contribution in [3.8, 4) is 17.2 Å². The normalized spacial score (nSPS) is 11.9. The van der Waals surface area contributed by atoms with Crippen molar-refractivity contribution in [1.29, 1.82) is 0 Å². The van der Waals surface area contributed by atoms with Gasteiger partial charge in [0.2, 0.25) is 6.79 Å². The number of imidazole rings is 1. The van der Waals surface area contributed by atoms with Gasteiger partial charge in [0.1, 0.15) is 18.2 Å². The van der Waals surface area contributed by atoms with E-state index in [1.165, 1.54) is 0 Å².